The zero-order valence-electron chi connectivity index (χ0n) is 20.6. The third-order valence-electron chi connectivity index (χ3n) is 6.59. The molecule has 4 rings (SSSR count). The van der Waals surface area contributed by atoms with E-state index in [-0.39, 0.29) is 12.2 Å². The molecule has 1 aromatic heterocycles. The van der Waals surface area contributed by atoms with Crippen LogP contribution in [-0.2, 0) is 0 Å². The first-order valence-corrected chi connectivity index (χ1v) is 12.0. The molecule has 0 unspecified atom stereocenters. The first kappa shape index (κ1) is 25.1. The highest BCUT2D eigenvalue weighted by Gasteiger charge is 2.20. The lowest BCUT2D eigenvalue weighted by molar-refractivity contribution is 0.0929. The zero-order valence-corrected chi connectivity index (χ0v) is 20.6. The van der Waals surface area contributed by atoms with Gasteiger partial charge in [0.15, 0.2) is 11.5 Å². The Morgan fingerprint density at radius 2 is 2.00 bits per heavy atom. The van der Waals surface area contributed by atoms with E-state index >= 15 is 0 Å². The number of carbonyl (C=O) groups excluding carboxylic acids is 1. The van der Waals surface area contributed by atoms with Gasteiger partial charge in [-0.1, -0.05) is 24.8 Å². The van der Waals surface area contributed by atoms with Gasteiger partial charge >= 0.3 is 0 Å². The Kier molecular flexibility index (Phi) is 7.81. The predicted octanol–water partition coefficient (Wildman–Crippen LogP) is 4.61. The first-order chi connectivity index (χ1) is 17.4. The van der Waals surface area contributed by atoms with Crippen LogP contribution in [0.2, 0.25) is 0 Å². The number of hydrogen-bond acceptors (Lipinski definition) is 6. The second-order valence-electron chi connectivity index (χ2n) is 9.13. The summed E-state index contributed by atoms with van der Waals surface area (Å²) in [7, 11) is 3.66. The van der Waals surface area contributed by atoms with Crippen molar-refractivity contribution in [2.24, 2.45) is 5.92 Å². The van der Waals surface area contributed by atoms with Crippen molar-refractivity contribution in [3.05, 3.63) is 66.1 Å². The number of anilines is 1. The number of aromatic nitrogens is 1. The summed E-state index contributed by atoms with van der Waals surface area (Å²) in [5.41, 5.74) is 2.10. The first-order valence-electron chi connectivity index (χ1n) is 12.0. The number of halogens is 1. The number of nitriles is 1. The highest BCUT2D eigenvalue weighted by molar-refractivity contribution is 5.99. The molecule has 36 heavy (non-hydrogen) atoms. The minimum Gasteiger partial charge on any atom is -0.495 e. The van der Waals surface area contributed by atoms with Crippen molar-refractivity contribution in [2.45, 2.75) is 12.8 Å². The summed E-state index contributed by atoms with van der Waals surface area (Å²) in [4.78, 5) is 19.4. The summed E-state index contributed by atoms with van der Waals surface area (Å²) in [6.45, 7) is 6.50. The van der Waals surface area contributed by atoms with E-state index in [1.807, 2.05) is 36.4 Å². The van der Waals surface area contributed by atoms with Gasteiger partial charge in [0, 0.05) is 29.6 Å². The number of carbonyl (C=O) groups is 1. The van der Waals surface area contributed by atoms with E-state index in [1.165, 1.54) is 6.07 Å². The summed E-state index contributed by atoms with van der Waals surface area (Å²) in [5.74, 6) is -0.158. The van der Waals surface area contributed by atoms with Crippen molar-refractivity contribution >= 4 is 22.4 Å². The average Bonchev–Trinajstić information content (AvgIpc) is 2.90. The lowest BCUT2D eigenvalue weighted by Crippen LogP contribution is -2.37. The van der Waals surface area contributed by atoms with Crippen LogP contribution in [0.4, 0.5) is 10.1 Å². The van der Waals surface area contributed by atoms with Crippen LogP contribution in [0.1, 0.15) is 23.3 Å². The Morgan fingerprint density at radius 1 is 1.25 bits per heavy atom. The lowest BCUT2D eigenvalue weighted by Gasteiger charge is -2.28. The monoisotopic (exact) mass is 487 g/mol. The molecular formula is C28H30FN5O2. The molecule has 1 fully saturated rings. The molecule has 7 nitrogen and oxygen atoms in total. The van der Waals surface area contributed by atoms with Crippen molar-refractivity contribution in [1.29, 1.82) is 5.26 Å². The second-order valence-corrected chi connectivity index (χ2v) is 9.13. The number of methoxy groups -OCH3 is 1. The standard InChI is InChI=1S/C28H30FN5O2/c1-18(15-30)16-31-26-22-14-21(5-4-20(22)6-9-25(26)36-3)24-8-7-23(29)27(33-24)28(35)32-17-19-10-12-34(2)13-11-19/h4-9,14,19,31H,1,10-13,16-17H2,2-3H3,(H,32,35). The minimum absolute atomic E-state index is 0.213. The molecule has 1 aliphatic heterocycles. The number of ether oxygens (including phenoxy) is 1. The van der Waals surface area contributed by atoms with Gasteiger partial charge in [-0.2, -0.15) is 5.26 Å². The summed E-state index contributed by atoms with van der Waals surface area (Å²) >= 11 is 0. The summed E-state index contributed by atoms with van der Waals surface area (Å²) < 4.78 is 20.1. The van der Waals surface area contributed by atoms with Gasteiger partial charge in [0.1, 0.15) is 5.75 Å². The van der Waals surface area contributed by atoms with Gasteiger partial charge in [-0.25, -0.2) is 9.37 Å². The van der Waals surface area contributed by atoms with Gasteiger partial charge in [0.2, 0.25) is 0 Å². The number of pyridine rings is 1. The smallest absolute Gasteiger partial charge is 0.272 e. The van der Waals surface area contributed by atoms with E-state index in [1.54, 1.807) is 13.2 Å². The third-order valence-corrected chi connectivity index (χ3v) is 6.59. The topological polar surface area (TPSA) is 90.3 Å². The van der Waals surface area contributed by atoms with Gasteiger partial charge in [-0.15, -0.1) is 0 Å². The minimum atomic E-state index is -0.653. The molecule has 0 spiro atoms. The largest absolute Gasteiger partial charge is 0.495 e. The van der Waals surface area contributed by atoms with Gasteiger partial charge in [-0.3, -0.25) is 4.79 Å². The molecule has 186 valence electrons. The summed E-state index contributed by atoms with van der Waals surface area (Å²) in [6, 6.07) is 14.4. The van der Waals surface area contributed by atoms with Gasteiger partial charge in [0.05, 0.1) is 24.6 Å². The number of benzene rings is 2. The number of nitrogens with zero attached hydrogens (tertiary/aromatic N) is 3. The second kappa shape index (κ2) is 11.2. The van der Waals surface area contributed by atoms with Crippen molar-refractivity contribution in [2.75, 3.05) is 45.7 Å². The van der Waals surface area contributed by atoms with Gasteiger partial charge in [0.25, 0.3) is 5.91 Å². The molecule has 0 bridgehead atoms. The fourth-order valence-corrected chi connectivity index (χ4v) is 4.40. The number of rotatable bonds is 8. The molecule has 3 aromatic rings. The van der Waals surface area contributed by atoms with Crippen molar-refractivity contribution in [3.63, 3.8) is 0 Å². The van der Waals surface area contributed by atoms with Crippen LogP contribution in [0.25, 0.3) is 22.0 Å². The van der Waals surface area contributed by atoms with Crippen molar-refractivity contribution in [1.82, 2.24) is 15.2 Å². The third kappa shape index (κ3) is 5.64. The van der Waals surface area contributed by atoms with Crippen LogP contribution in [0.5, 0.6) is 5.75 Å². The highest BCUT2D eigenvalue weighted by atomic mass is 19.1. The highest BCUT2D eigenvalue weighted by Crippen LogP contribution is 2.35. The van der Waals surface area contributed by atoms with Crippen LogP contribution in [0.15, 0.2) is 54.6 Å². The van der Waals surface area contributed by atoms with E-state index in [0.29, 0.717) is 35.2 Å². The lowest BCUT2D eigenvalue weighted by atomic mass is 9.97. The number of hydrogen-bond donors (Lipinski definition) is 2. The number of likely N-dealkylation sites (tertiary alicyclic amines) is 1. The molecule has 1 aliphatic rings. The summed E-state index contributed by atoms with van der Waals surface area (Å²) in [6.07, 6.45) is 2.01. The Hall–Kier alpha value is -3.96. The van der Waals surface area contributed by atoms with Gasteiger partial charge < -0.3 is 20.3 Å². The molecule has 0 radical (unpaired) electrons. The SMILES string of the molecule is C=C(C#N)CNc1c(OC)ccc2ccc(-c3ccc(F)c(C(=O)NCC4CCN(C)CC4)n3)cc12. The molecular weight excluding hydrogens is 457 g/mol. The van der Waals surface area contributed by atoms with Crippen LogP contribution >= 0.6 is 0 Å². The molecule has 2 aromatic carbocycles. The van der Waals surface area contributed by atoms with E-state index in [4.69, 9.17) is 10.00 Å². The van der Waals surface area contributed by atoms with Crippen LogP contribution in [0.3, 0.4) is 0 Å². The number of fused-ring (bicyclic) bond motifs is 1. The van der Waals surface area contributed by atoms with Crippen LogP contribution < -0.4 is 15.4 Å². The zero-order chi connectivity index (χ0) is 25.7. The van der Waals surface area contributed by atoms with Crippen molar-refractivity contribution < 1.29 is 13.9 Å². The van der Waals surface area contributed by atoms with Crippen LogP contribution in [-0.4, -0.2) is 56.1 Å². The Morgan fingerprint density at radius 3 is 2.72 bits per heavy atom. The Labute approximate surface area is 210 Å². The van der Waals surface area contributed by atoms with Gasteiger partial charge in [-0.05, 0) is 68.5 Å². The maximum Gasteiger partial charge on any atom is 0.272 e. The van der Waals surface area contributed by atoms with Crippen molar-refractivity contribution in [3.8, 4) is 23.1 Å². The number of piperidine rings is 1. The molecule has 8 heteroatoms. The molecule has 0 atom stereocenters. The number of nitrogens with one attached hydrogen (secondary N) is 2. The molecule has 1 saturated heterocycles. The van der Waals surface area contributed by atoms with E-state index in [9.17, 15) is 9.18 Å². The quantitative estimate of drug-likeness (QED) is 0.451. The van der Waals surface area contributed by atoms with E-state index in [0.717, 1.165) is 42.3 Å². The molecule has 0 saturated carbocycles. The summed E-state index contributed by atoms with van der Waals surface area (Å²) in [5, 5.41) is 17.0. The normalized spacial score (nSPS) is 14.3. The molecule has 1 amide bonds. The molecule has 2 N–H and O–H groups in total. The number of amides is 1. The Bertz CT molecular complexity index is 1330. The van der Waals surface area contributed by atoms with Crippen LogP contribution in [0, 0.1) is 23.1 Å². The predicted molar refractivity (Wildman–Crippen MR) is 139 cm³/mol. The maximum absolute atomic E-state index is 14.6. The molecule has 0 aliphatic carbocycles. The average molecular weight is 488 g/mol. The maximum atomic E-state index is 14.6. The van der Waals surface area contributed by atoms with E-state index < -0.39 is 11.7 Å². The fourth-order valence-electron chi connectivity index (χ4n) is 4.40. The Balaban J connectivity index is 1.61. The molecule has 2 heterocycles. The van der Waals surface area contributed by atoms with E-state index in [2.05, 4.69) is 34.1 Å². The fraction of sp³-hybridized carbons (Fsp3) is 0.321.